The summed E-state index contributed by atoms with van der Waals surface area (Å²) in [5, 5.41) is 3.39. The van der Waals surface area contributed by atoms with Crippen molar-refractivity contribution in [3.05, 3.63) is 0 Å². The summed E-state index contributed by atoms with van der Waals surface area (Å²) in [6.45, 7) is 3.02. The Morgan fingerprint density at radius 2 is 2.06 bits per heavy atom. The number of primary amides is 1. The lowest BCUT2D eigenvalue weighted by molar-refractivity contribution is -0.124. The summed E-state index contributed by atoms with van der Waals surface area (Å²) in [6, 6.07) is 1.32. The van der Waals surface area contributed by atoms with Gasteiger partial charge in [-0.05, 0) is 59.0 Å². The van der Waals surface area contributed by atoms with Crippen molar-refractivity contribution >= 4 is 5.91 Å². The first-order valence-corrected chi connectivity index (χ1v) is 6.79. The van der Waals surface area contributed by atoms with Crippen molar-refractivity contribution in [1.29, 1.82) is 0 Å². The fraction of sp³-hybridized carbons (Fsp3) is 0.923. The van der Waals surface area contributed by atoms with Crippen molar-refractivity contribution in [2.45, 2.75) is 63.1 Å². The molecule has 1 amide bonds. The molecule has 0 aromatic rings. The zero-order valence-electron chi connectivity index (χ0n) is 11.0. The lowest BCUT2D eigenvalue weighted by Gasteiger charge is -2.28. The van der Waals surface area contributed by atoms with Crippen LogP contribution in [0.3, 0.4) is 0 Å². The van der Waals surface area contributed by atoms with E-state index < -0.39 is 5.54 Å². The minimum atomic E-state index is -0.508. The molecule has 0 heterocycles. The van der Waals surface area contributed by atoms with E-state index >= 15 is 0 Å². The van der Waals surface area contributed by atoms with Crippen molar-refractivity contribution in [3.8, 4) is 0 Å². The molecule has 17 heavy (non-hydrogen) atoms. The Labute approximate surface area is 104 Å². The molecule has 4 nitrogen and oxygen atoms in total. The van der Waals surface area contributed by atoms with Crippen molar-refractivity contribution in [2.24, 2.45) is 5.73 Å². The molecule has 0 bridgehead atoms. The zero-order valence-corrected chi connectivity index (χ0v) is 11.0. The summed E-state index contributed by atoms with van der Waals surface area (Å²) >= 11 is 0. The number of amides is 1. The molecule has 4 heteroatoms. The van der Waals surface area contributed by atoms with Crippen molar-refractivity contribution < 1.29 is 4.79 Å². The second-order valence-electron chi connectivity index (χ2n) is 5.93. The van der Waals surface area contributed by atoms with Gasteiger partial charge in [0.05, 0.1) is 5.54 Å². The molecule has 1 unspecified atom stereocenters. The molecule has 98 valence electrons. The summed E-state index contributed by atoms with van der Waals surface area (Å²) in [5.41, 5.74) is 5.01. The van der Waals surface area contributed by atoms with E-state index in [1.807, 2.05) is 6.92 Å². The van der Waals surface area contributed by atoms with Gasteiger partial charge in [-0.25, -0.2) is 0 Å². The Hall–Kier alpha value is -0.610. The van der Waals surface area contributed by atoms with Gasteiger partial charge in [0.1, 0.15) is 0 Å². The van der Waals surface area contributed by atoms with E-state index in [2.05, 4.69) is 17.3 Å². The van der Waals surface area contributed by atoms with E-state index in [1.54, 1.807) is 0 Å². The molecule has 1 atom stereocenters. The third-order valence-electron chi connectivity index (χ3n) is 4.00. The van der Waals surface area contributed by atoms with Crippen LogP contribution in [0, 0.1) is 0 Å². The van der Waals surface area contributed by atoms with E-state index in [0.717, 1.165) is 25.4 Å². The molecule has 2 aliphatic carbocycles. The van der Waals surface area contributed by atoms with Crippen LogP contribution in [0.1, 0.15) is 45.4 Å². The van der Waals surface area contributed by atoms with Gasteiger partial charge < -0.3 is 16.0 Å². The highest BCUT2D eigenvalue weighted by atomic mass is 16.1. The highest BCUT2D eigenvalue weighted by Gasteiger charge is 2.36. The molecule has 2 saturated carbocycles. The van der Waals surface area contributed by atoms with Gasteiger partial charge in [0.25, 0.3) is 0 Å². The maximum Gasteiger partial charge on any atom is 0.237 e. The SMILES string of the molecule is CN(CCCC(C)(NC1CC1)C(N)=O)C1CC1. The molecule has 0 aromatic heterocycles. The molecule has 2 rings (SSSR count). The molecule has 0 aromatic carbocycles. The topological polar surface area (TPSA) is 58.4 Å². The minimum Gasteiger partial charge on any atom is -0.368 e. The van der Waals surface area contributed by atoms with Crippen molar-refractivity contribution in [3.63, 3.8) is 0 Å². The van der Waals surface area contributed by atoms with Crippen LogP contribution < -0.4 is 11.1 Å². The van der Waals surface area contributed by atoms with Gasteiger partial charge in [-0.3, -0.25) is 4.79 Å². The summed E-state index contributed by atoms with van der Waals surface area (Å²) in [6.07, 6.45) is 6.92. The first-order chi connectivity index (χ1) is 8.01. The van der Waals surface area contributed by atoms with E-state index in [4.69, 9.17) is 5.73 Å². The van der Waals surface area contributed by atoms with Gasteiger partial charge in [-0.2, -0.15) is 0 Å². The Balaban J connectivity index is 1.73. The number of nitrogens with two attached hydrogens (primary N) is 1. The first-order valence-electron chi connectivity index (χ1n) is 6.79. The van der Waals surface area contributed by atoms with Crippen LogP contribution in [0.4, 0.5) is 0 Å². The van der Waals surface area contributed by atoms with Crippen LogP contribution in [0.2, 0.25) is 0 Å². The van der Waals surface area contributed by atoms with Gasteiger partial charge >= 0.3 is 0 Å². The number of hydrogen-bond acceptors (Lipinski definition) is 3. The standard InChI is InChI=1S/C13H25N3O/c1-13(12(14)17,15-10-4-5-10)8-3-9-16(2)11-6-7-11/h10-11,15H,3-9H2,1-2H3,(H2,14,17). The smallest absolute Gasteiger partial charge is 0.237 e. The van der Waals surface area contributed by atoms with E-state index in [1.165, 1.54) is 25.7 Å². The van der Waals surface area contributed by atoms with Gasteiger partial charge in [-0.15, -0.1) is 0 Å². The normalized spacial score (nSPS) is 23.7. The van der Waals surface area contributed by atoms with Gasteiger partial charge in [-0.1, -0.05) is 0 Å². The average Bonchev–Trinajstić information content (AvgIpc) is 3.11. The lowest BCUT2D eigenvalue weighted by atomic mass is 9.94. The summed E-state index contributed by atoms with van der Waals surface area (Å²) < 4.78 is 0. The summed E-state index contributed by atoms with van der Waals surface area (Å²) in [5.74, 6) is -0.210. The predicted octanol–water partition coefficient (Wildman–Crippen LogP) is 0.857. The minimum absolute atomic E-state index is 0.210. The van der Waals surface area contributed by atoms with E-state index in [-0.39, 0.29) is 5.91 Å². The van der Waals surface area contributed by atoms with Crippen molar-refractivity contribution in [1.82, 2.24) is 10.2 Å². The quantitative estimate of drug-likeness (QED) is 0.660. The number of rotatable bonds is 8. The van der Waals surface area contributed by atoms with Crippen LogP contribution >= 0.6 is 0 Å². The second-order valence-corrected chi connectivity index (χ2v) is 5.93. The third-order valence-corrected chi connectivity index (χ3v) is 4.00. The Kier molecular flexibility index (Phi) is 3.73. The van der Waals surface area contributed by atoms with Crippen LogP contribution in [0.25, 0.3) is 0 Å². The molecule has 2 aliphatic rings. The first kappa shape index (κ1) is 12.8. The van der Waals surface area contributed by atoms with Crippen LogP contribution in [-0.2, 0) is 4.79 Å². The summed E-state index contributed by atoms with van der Waals surface area (Å²) in [4.78, 5) is 14.0. The lowest BCUT2D eigenvalue weighted by Crippen LogP contribution is -2.54. The maximum atomic E-state index is 11.6. The Morgan fingerprint density at radius 3 is 2.53 bits per heavy atom. The Bertz CT molecular complexity index is 286. The monoisotopic (exact) mass is 239 g/mol. The summed E-state index contributed by atoms with van der Waals surface area (Å²) in [7, 11) is 2.17. The number of carbonyl (C=O) groups is 1. The molecular weight excluding hydrogens is 214 g/mol. The third kappa shape index (κ3) is 3.68. The largest absolute Gasteiger partial charge is 0.368 e. The average molecular weight is 239 g/mol. The molecule has 0 spiro atoms. The van der Waals surface area contributed by atoms with Crippen LogP contribution in [-0.4, -0.2) is 42.0 Å². The van der Waals surface area contributed by atoms with E-state index in [0.29, 0.717) is 6.04 Å². The number of nitrogens with zero attached hydrogens (tertiary/aromatic N) is 1. The van der Waals surface area contributed by atoms with Crippen molar-refractivity contribution in [2.75, 3.05) is 13.6 Å². The molecule has 0 radical (unpaired) electrons. The molecule has 0 saturated heterocycles. The second kappa shape index (κ2) is 4.94. The van der Waals surface area contributed by atoms with Crippen LogP contribution in [0.5, 0.6) is 0 Å². The molecule has 0 aliphatic heterocycles. The molecular formula is C13H25N3O. The van der Waals surface area contributed by atoms with Crippen LogP contribution in [0.15, 0.2) is 0 Å². The fourth-order valence-corrected chi connectivity index (χ4v) is 2.32. The highest BCUT2D eigenvalue weighted by molar-refractivity contribution is 5.84. The fourth-order valence-electron chi connectivity index (χ4n) is 2.32. The predicted molar refractivity (Wildman–Crippen MR) is 68.6 cm³/mol. The van der Waals surface area contributed by atoms with Gasteiger partial charge in [0.2, 0.25) is 5.91 Å². The number of nitrogens with one attached hydrogen (secondary N) is 1. The Morgan fingerprint density at radius 1 is 1.41 bits per heavy atom. The highest BCUT2D eigenvalue weighted by Crippen LogP contribution is 2.27. The molecule has 2 fully saturated rings. The maximum absolute atomic E-state index is 11.6. The zero-order chi connectivity index (χ0) is 12.5. The van der Waals surface area contributed by atoms with E-state index in [9.17, 15) is 4.79 Å². The number of carbonyl (C=O) groups excluding carboxylic acids is 1. The molecule has 3 N–H and O–H groups in total. The van der Waals surface area contributed by atoms with Gasteiger partial charge in [0.15, 0.2) is 0 Å². The number of hydrogen-bond donors (Lipinski definition) is 2. The van der Waals surface area contributed by atoms with Gasteiger partial charge in [0, 0.05) is 12.1 Å².